The second-order valence-electron chi connectivity index (χ2n) is 7.92. The molecule has 36 heavy (non-hydrogen) atoms. The average molecular weight is 568 g/mol. The Kier molecular flexibility index (Phi) is 19.2. The summed E-state index contributed by atoms with van der Waals surface area (Å²) >= 11 is 4.58. The lowest BCUT2D eigenvalue weighted by Gasteiger charge is -2.25. The zero-order chi connectivity index (χ0) is 27.5. The molecule has 0 radical (unpaired) electrons. The van der Waals surface area contributed by atoms with Gasteiger partial charge in [-0.25, -0.2) is 4.79 Å². The summed E-state index contributed by atoms with van der Waals surface area (Å²) in [6.07, 6.45) is 7.23. The maximum Gasteiger partial charge on any atom is 0.326 e. The van der Waals surface area contributed by atoms with Gasteiger partial charge in [-0.3, -0.25) is 19.4 Å². The Labute approximate surface area is 225 Å². The largest absolute Gasteiger partial charge is 0.480 e. The van der Waals surface area contributed by atoms with Crippen LogP contribution in [-0.4, -0.2) is 101 Å². The van der Waals surface area contributed by atoms with Crippen LogP contribution in [-0.2, 0) is 19.2 Å². The number of aliphatic carboxylic acids is 1. The summed E-state index contributed by atoms with van der Waals surface area (Å²) in [7, 11) is 0. The fourth-order valence-corrected chi connectivity index (χ4v) is 4.40. The molecule has 0 aliphatic rings. The number of hydrogen-bond acceptors (Lipinski definition) is 9. The molecule has 12 nitrogen and oxygen atoms in total. The van der Waals surface area contributed by atoms with Crippen LogP contribution >= 0.6 is 35.3 Å². The molecule has 0 spiro atoms. The van der Waals surface area contributed by atoms with Crippen LogP contribution in [0.4, 0.5) is 0 Å². The maximum absolute atomic E-state index is 13.1. The number of aliphatic imine (C=N–C) groups is 1. The van der Waals surface area contributed by atoms with Crippen molar-refractivity contribution < 1.29 is 24.3 Å². The molecule has 208 valence electrons. The number of amides is 3. The van der Waals surface area contributed by atoms with Crippen molar-refractivity contribution in [2.45, 2.75) is 56.3 Å². The van der Waals surface area contributed by atoms with E-state index in [4.69, 9.17) is 17.2 Å². The number of carboxylic acid groups (broad SMARTS) is 1. The topological polar surface area (TPSA) is 215 Å². The maximum atomic E-state index is 13.1. The highest BCUT2D eigenvalue weighted by Crippen LogP contribution is 2.08. The van der Waals surface area contributed by atoms with Crippen LogP contribution in [0.1, 0.15) is 32.1 Å². The molecule has 0 aromatic carbocycles. The first kappa shape index (κ1) is 34.2. The van der Waals surface area contributed by atoms with Crippen molar-refractivity contribution in [1.29, 1.82) is 0 Å². The Hall–Kier alpha value is -1.84. The summed E-state index contributed by atoms with van der Waals surface area (Å²) in [4.78, 5) is 54.0. The Morgan fingerprint density at radius 1 is 0.750 bits per heavy atom. The number of hydrogen-bond donors (Lipinski definition) is 7. The summed E-state index contributed by atoms with van der Waals surface area (Å²) in [5, 5.41) is 17.4. The molecular weight excluding hydrogens is 526 g/mol. The molecule has 4 unspecified atom stereocenters. The van der Waals surface area contributed by atoms with Gasteiger partial charge in [0.25, 0.3) is 0 Å². The van der Waals surface area contributed by atoms with Crippen LogP contribution in [0.3, 0.4) is 0 Å². The number of nitrogens with zero attached hydrogens (tertiary/aromatic N) is 1. The minimum atomic E-state index is -1.20. The summed E-state index contributed by atoms with van der Waals surface area (Å²) in [5.74, 6) is -0.981. The van der Waals surface area contributed by atoms with Gasteiger partial charge in [-0.15, -0.1) is 0 Å². The predicted octanol–water partition coefficient (Wildman–Crippen LogP) is -0.834. The minimum Gasteiger partial charge on any atom is -0.480 e. The fraction of sp³-hybridized carbons (Fsp3) is 0.762. The molecule has 0 heterocycles. The van der Waals surface area contributed by atoms with Crippen molar-refractivity contribution in [3.8, 4) is 0 Å². The Balaban J connectivity index is 5.35. The van der Waals surface area contributed by atoms with Gasteiger partial charge in [0.2, 0.25) is 17.7 Å². The molecule has 15 heteroatoms. The van der Waals surface area contributed by atoms with Crippen molar-refractivity contribution >= 4 is 64.9 Å². The number of nitrogens with one attached hydrogen (secondary N) is 3. The highest BCUT2D eigenvalue weighted by Gasteiger charge is 2.29. The first-order valence-electron chi connectivity index (χ1n) is 11.5. The molecule has 4 atom stereocenters. The monoisotopic (exact) mass is 567 g/mol. The zero-order valence-corrected chi connectivity index (χ0v) is 23.6. The second kappa shape index (κ2) is 20.2. The molecule has 0 bridgehead atoms. The smallest absolute Gasteiger partial charge is 0.326 e. The van der Waals surface area contributed by atoms with Gasteiger partial charge < -0.3 is 38.3 Å². The van der Waals surface area contributed by atoms with Gasteiger partial charge in [0, 0.05) is 6.54 Å². The van der Waals surface area contributed by atoms with Crippen LogP contribution in [0.2, 0.25) is 0 Å². The van der Waals surface area contributed by atoms with Gasteiger partial charge in [-0.1, -0.05) is 0 Å². The number of rotatable bonds is 20. The molecule has 0 aromatic heterocycles. The third-order valence-corrected chi connectivity index (χ3v) is 6.95. The van der Waals surface area contributed by atoms with Gasteiger partial charge in [-0.2, -0.15) is 35.3 Å². The van der Waals surface area contributed by atoms with Gasteiger partial charge >= 0.3 is 5.97 Å². The number of carbonyl (C=O) groups excluding carboxylic acids is 3. The van der Waals surface area contributed by atoms with Crippen molar-refractivity contribution in [1.82, 2.24) is 16.0 Å². The van der Waals surface area contributed by atoms with E-state index in [1.807, 2.05) is 18.8 Å². The summed E-state index contributed by atoms with van der Waals surface area (Å²) < 4.78 is 0. The lowest BCUT2D eigenvalue weighted by molar-refractivity contribution is -0.142. The SMILES string of the molecule is CSCCC(N)C(=O)NC(CCSC)C(=O)NC(CCSC)C(=O)NC(CCCN=C(N)N)C(=O)O. The molecule has 3 amide bonds. The van der Waals surface area contributed by atoms with Crippen LogP contribution in [0.5, 0.6) is 0 Å². The van der Waals surface area contributed by atoms with Crippen LogP contribution < -0.4 is 33.2 Å². The fourth-order valence-electron chi connectivity index (χ4n) is 2.97. The summed E-state index contributed by atoms with van der Waals surface area (Å²) in [5.41, 5.74) is 16.5. The number of carboxylic acids is 1. The van der Waals surface area contributed by atoms with E-state index in [0.29, 0.717) is 36.5 Å². The molecule has 0 aliphatic carbocycles. The number of thioether (sulfide) groups is 3. The average Bonchev–Trinajstić information content (AvgIpc) is 2.83. The first-order chi connectivity index (χ1) is 17.1. The van der Waals surface area contributed by atoms with Crippen LogP contribution in [0.15, 0.2) is 4.99 Å². The van der Waals surface area contributed by atoms with Gasteiger partial charge in [0.1, 0.15) is 18.1 Å². The van der Waals surface area contributed by atoms with E-state index in [0.717, 1.165) is 0 Å². The van der Waals surface area contributed by atoms with E-state index in [1.54, 1.807) is 11.8 Å². The minimum absolute atomic E-state index is 0.0981. The molecule has 0 saturated heterocycles. The summed E-state index contributed by atoms with van der Waals surface area (Å²) in [6, 6.07) is -3.75. The predicted molar refractivity (Wildman–Crippen MR) is 150 cm³/mol. The Bertz CT molecular complexity index is 726. The van der Waals surface area contributed by atoms with Crippen molar-refractivity contribution in [3.05, 3.63) is 0 Å². The lowest BCUT2D eigenvalue weighted by atomic mass is 10.1. The molecule has 10 N–H and O–H groups in total. The van der Waals surface area contributed by atoms with Gasteiger partial charge in [0.15, 0.2) is 5.96 Å². The van der Waals surface area contributed by atoms with E-state index in [-0.39, 0.29) is 25.3 Å². The van der Waals surface area contributed by atoms with Crippen molar-refractivity contribution in [2.24, 2.45) is 22.2 Å². The van der Waals surface area contributed by atoms with Gasteiger partial charge in [-0.05, 0) is 68.1 Å². The second-order valence-corrected chi connectivity index (χ2v) is 10.9. The van der Waals surface area contributed by atoms with E-state index in [2.05, 4.69) is 20.9 Å². The van der Waals surface area contributed by atoms with Gasteiger partial charge in [0.05, 0.1) is 6.04 Å². The molecule has 0 rings (SSSR count). The normalized spacial score (nSPS) is 14.1. The highest BCUT2D eigenvalue weighted by molar-refractivity contribution is 7.98. The van der Waals surface area contributed by atoms with E-state index < -0.39 is 47.9 Å². The zero-order valence-electron chi connectivity index (χ0n) is 21.2. The third kappa shape index (κ3) is 15.3. The van der Waals surface area contributed by atoms with E-state index >= 15 is 0 Å². The molecule has 0 aliphatic heterocycles. The highest BCUT2D eigenvalue weighted by atomic mass is 32.2. The quantitative estimate of drug-likeness (QED) is 0.0547. The van der Waals surface area contributed by atoms with E-state index in [1.165, 1.54) is 23.5 Å². The first-order valence-corrected chi connectivity index (χ1v) is 15.7. The third-order valence-electron chi connectivity index (χ3n) is 5.02. The lowest BCUT2D eigenvalue weighted by Crippen LogP contribution is -2.57. The van der Waals surface area contributed by atoms with Crippen molar-refractivity contribution in [2.75, 3.05) is 42.6 Å². The Morgan fingerprint density at radius 3 is 1.64 bits per heavy atom. The number of guanidine groups is 1. The van der Waals surface area contributed by atoms with Crippen LogP contribution in [0.25, 0.3) is 0 Å². The number of nitrogens with two attached hydrogens (primary N) is 3. The molecule has 0 saturated carbocycles. The molecule has 0 aromatic rings. The summed E-state index contributed by atoms with van der Waals surface area (Å²) in [6.45, 7) is 0.227. The number of carbonyl (C=O) groups is 4. The molecule has 0 fully saturated rings. The van der Waals surface area contributed by atoms with Crippen molar-refractivity contribution in [3.63, 3.8) is 0 Å². The van der Waals surface area contributed by atoms with E-state index in [9.17, 15) is 24.3 Å². The standard InChI is InChI=1S/C21H41N7O5S3/c1-34-10-6-13(22)17(29)26-14(7-11-35-2)18(30)27-15(8-12-36-3)19(31)28-16(20(32)33)5-4-9-25-21(23)24/h13-16H,4-12,22H2,1-3H3,(H,26,29)(H,27,30)(H,28,31)(H,32,33)(H4,23,24,25). The Morgan fingerprint density at radius 2 is 1.19 bits per heavy atom. The van der Waals surface area contributed by atoms with Crippen LogP contribution in [0, 0.1) is 0 Å². The molecular formula is C21H41N7O5S3.